The van der Waals surface area contributed by atoms with Gasteiger partial charge in [-0.2, -0.15) is 0 Å². The van der Waals surface area contributed by atoms with Crippen molar-refractivity contribution in [1.29, 1.82) is 0 Å². The number of hydrogen-bond acceptors (Lipinski definition) is 6. The minimum absolute atomic E-state index is 0.0804. The van der Waals surface area contributed by atoms with Crippen molar-refractivity contribution in [3.05, 3.63) is 42.4 Å². The second kappa shape index (κ2) is 8.35. The Morgan fingerprint density at radius 1 is 1.30 bits per heavy atom. The van der Waals surface area contributed by atoms with E-state index >= 15 is 0 Å². The number of nitrogens with zero attached hydrogens (tertiary/aromatic N) is 4. The number of fused-ring (bicyclic) bond motifs is 1. The minimum Gasteiger partial charge on any atom is -0.469 e. The smallest absolute Gasteiger partial charge is 0.237 e. The van der Waals surface area contributed by atoms with Crippen molar-refractivity contribution < 1.29 is 14.0 Å². The highest BCUT2D eigenvalue weighted by Gasteiger charge is 2.30. The van der Waals surface area contributed by atoms with E-state index in [2.05, 4.69) is 15.5 Å². The van der Waals surface area contributed by atoms with Crippen LogP contribution in [0.25, 0.3) is 11.4 Å². The van der Waals surface area contributed by atoms with Crippen LogP contribution >= 0.6 is 11.8 Å². The fourth-order valence-electron chi connectivity index (χ4n) is 3.66. The van der Waals surface area contributed by atoms with Crippen molar-refractivity contribution in [3.8, 4) is 11.4 Å². The molecular weight excluding hydrogens is 402 g/mol. The first-order valence-corrected chi connectivity index (χ1v) is 10.8. The third-order valence-electron chi connectivity index (χ3n) is 5.09. The van der Waals surface area contributed by atoms with Crippen LogP contribution in [0.15, 0.2) is 46.2 Å². The van der Waals surface area contributed by atoms with Gasteiger partial charge in [0, 0.05) is 19.0 Å². The van der Waals surface area contributed by atoms with Crippen molar-refractivity contribution >= 4 is 35.0 Å². The van der Waals surface area contributed by atoms with E-state index in [-0.39, 0.29) is 30.0 Å². The van der Waals surface area contributed by atoms with Crippen LogP contribution in [-0.4, -0.2) is 38.4 Å². The summed E-state index contributed by atoms with van der Waals surface area (Å²) in [6.45, 7) is 6.45. The number of hydrogen-bond donors (Lipinski definition) is 1. The zero-order valence-corrected chi connectivity index (χ0v) is 17.9. The van der Waals surface area contributed by atoms with Crippen LogP contribution in [0.1, 0.15) is 26.0 Å². The summed E-state index contributed by atoms with van der Waals surface area (Å²) >= 11 is 1.34. The number of aromatic nitrogens is 3. The number of benzene rings is 1. The predicted octanol–water partition coefficient (Wildman–Crippen LogP) is 3.72. The molecule has 156 valence electrons. The van der Waals surface area contributed by atoms with Gasteiger partial charge in [0.15, 0.2) is 11.0 Å². The second-order valence-corrected chi connectivity index (χ2v) is 8.05. The van der Waals surface area contributed by atoms with Gasteiger partial charge in [0.2, 0.25) is 11.8 Å². The Balaban J connectivity index is 1.56. The molecule has 0 bridgehead atoms. The molecule has 0 spiro atoms. The highest BCUT2D eigenvalue weighted by molar-refractivity contribution is 7.99. The molecule has 0 saturated heterocycles. The van der Waals surface area contributed by atoms with Gasteiger partial charge in [-0.3, -0.25) is 9.59 Å². The third kappa shape index (κ3) is 3.72. The molecule has 1 aliphatic rings. The van der Waals surface area contributed by atoms with E-state index in [0.29, 0.717) is 23.1 Å². The van der Waals surface area contributed by atoms with E-state index in [1.165, 1.54) is 11.8 Å². The zero-order chi connectivity index (χ0) is 21.3. The van der Waals surface area contributed by atoms with Gasteiger partial charge in [-0.05, 0) is 39.0 Å². The van der Waals surface area contributed by atoms with Crippen molar-refractivity contribution in [2.75, 3.05) is 16.0 Å². The number of amides is 2. The number of aryl methyl sites for hydroxylation is 1. The molecule has 3 aromatic rings. The Labute approximate surface area is 178 Å². The first kappa shape index (κ1) is 20.2. The van der Waals surface area contributed by atoms with Crippen molar-refractivity contribution in [3.63, 3.8) is 0 Å². The van der Waals surface area contributed by atoms with Gasteiger partial charge in [-0.15, -0.1) is 10.2 Å². The summed E-state index contributed by atoms with van der Waals surface area (Å²) in [5.74, 6) is 1.51. The first-order chi connectivity index (χ1) is 14.5. The summed E-state index contributed by atoms with van der Waals surface area (Å²) in [6.07, 6.45) is 1.88. The summed E-state index contributed by atoms with van der Waals surface area (Å²) in [5.41, 5.74) is 2.26. The molecule has 0 unspecified atom stereocenters. The maximum atomic E-state index is 13.2. The lowest BCUT2D eigenvalue weighted by atomic mass is 10.2. The zero-order valence-electron chi connectivity index (χ0n) is 17.1. The lowest BCUT2D eigenvalue weighted by Crippen LogP contribution is -2.40. The summed E-state index contributed by atoms with van der Waals surface area (Å²) in [4.78, 5) is 27.0. The van der Waals surface area contributed by atoms with E-state index in [9.17, 15) is 9.59 Å². The van der Waals surface area contributed by atoms with Crippen LogP contribution in [0, 0.1) is 6.92 Å². The molecule has 1 aliphatic heterocycles. The van der Waals surface area contributed by atoms with E-state index in [4.69, 9.17) is 4.42 Å². The first-order valence-electron chi connectivity index (χ1n) is 9.81. The Hall–Kier alpha value is -3.07. The summed E-state index contributed by atoms with van der Waals surface area (Å²) in [7, 11) is 0. The molecule has 0 saturated carbocycles. The molecule has 0 fully saturated rings. The van der Waals surface area contributed by atoms with Gasteiger partial charge in [0.25, 0.3) is 0 Å². The van der Waals surface area contributed by atoms with Crippen molar-refractivity contribution in [2.24, 2.45) is 0 Å². The molecule has 1 atom stereocenters. The number of carbonyl (C=O) groups is 2. The Morgan fingerprint density at radius 2 is 2.10 bits per heavy atom. The molecule has 2 amide bonds. The highest BCUT2D eigenvalue weighted by Crippen LogP contribution is 2.33. The van der Waals surface area contributed by atoms with Crippen LogP contribution in [-0.2, 0) is 16.1 Å². The molecule has 4 rings (SSSR count). The number of anilines is 2. The molecule has 1 N–H and O–H groups in total. The fourth-order valence-corrected chi connectivity index (χ4v) is 4.52. The predicted molar refractivity (Wildman–Crippen MR) is 115 cm³/mol. The molecule has 1 aromatic carbocycles. The van der Waals surface area contributed by atoms with E-state index in [0.717, 1.165) is 17.1 Å². The van der Waals surface area contributed by atoms with Gasteiger partial charge < -0.3 is 19.2 Å². The molecule has 3 heterocycles. The van der Waals surface area contributed by atoms with Crippen LogP contribution in [0.2, 0.25) is 0 Å². The van der Waals surface area contributed by atoms with Crippen LogP contribution in [0.5, 0.6) is 0 Å². The monoisotopic (exact) mass is 425 g/mol. The fraction of sp³-hybridized carbons (Fsp3) is 0.333. The molecule has 9 heteroatoms. The standard InChI is InChI=1S/C21H23N5O3S/c1-4-25-20(15-9-10-29-14(15)3)23-24-21(25)30-12-19(28)26-13(2)11-18(27)22-16-7-5-6-8-17(16)26/h5-10,13H,4,11-12H2,1-3H3,(H,22,27)/t13-/m0/s1. The minimum atomic E-state index is -0.241. The number of nitrogens with one attached hydrogen (secondary N) is 1. The van der Waals surface area contributed by atoms with E-state index < -0.39 is 0 Å². The molecule has 8 nitrogen and oxygen atoms in total. The highest BCUT2D eigenvalue weighted by atomic mass is 32.2. The quantitative estimate of drug-likeness (QED) is 0.626. The Morgan fingerprint density at radius 3 is 2.83 bits per heavy atom. The normalized spacial score (nSPS) is 16.2. The number of rotatable bonds is 5. The van der Waals surface area contributed by atoms with E-state index in [1.54, 1.807) is 11.2 Å². The topological polar surface area (TPSA) is 93.3 Å². The van der Waals surface area contributed by atoms with Gasteiger partial charge in [-0.25, -0.2) is 0 Å². The van der Waals surface area contributed by atoms with Crippen LogP contribution < -0.4 is 10.2 Å². The average molecular weight is 426 g/mol. The second-order valence-electron chi connectivity index (χ2n) is 7.11. The molecule has 30 heavy (non-hydrogen) atoms. The molecule has 0 aliphatic carbocycles. The number of thioether (sulfide) groups is 1. The van der Waals surface area contributed by atoms with Crippen LogP contribution in [0.3, 0.4) is 0 Å². The van der Waals surface area contributed by atoms with Crippen LogP contribution in [0.4, 0.5) is 11.4 Å². The Kier molecular flexibility index (Phi) is 5.63. The lowest BCUT2D eigenvalue weighted by Gasteiger charge is -2.27. The average Bonchev–Trinajstić information content (AvgIpc) is 3.29. The summed E-state index contributed by atoms with van der Waals surface area (Å²) in [6, 6.07) is 9.00. The number of furan rings is 1. The third-order valence-corrected chi connectivity index (χ3v) is 6.04. The van der Waals surface area contributed by atoms with E-state index in [1.807, 2.05) is 55.7 Å². The van der Waals surface area contributed by atoms with Gasteiger partial charge in [-0.1, -0.05) is 23.9 Å². The molecular formula is C21H23N5O3S. The lowest BCUT2D eigenvalue weighted by molar-refractivity contribution is -0.117. The maximum Gasteiger partial charge on any atom is 0.237 e. The largest absolute Gasteiger partial charge is 0.469 e. The summed E-state index contributed by atoms with van der Waals surface area (Å²) in [5, 5.41) is 12.2. The Bertz CT molecular complexity index is 1090. The maximum absolute atomic E-state index is 13.2. The number of para-hydroxylation sites is 2. The van der Waals surface area contributed by atoms with Gasteiger partial charge in [0.1, 0.15) is 5.76 Å². The summed E-state index contributed by atoms with van der Waals surface area (Å²) < 4.78 is 7.36. The molecule has 0 radical (unpaired) electrons. The molecule has 2 aromatic heterocycles. The van der Waals surface area contributed by atoms with Crippen molar-refractivity contribution in [2.45, 2.75) is 44.9 Å². The van der Waals surface area contributed by atoms with Gasteiger partial charge >= 0.3 is 0 Å². The van der Waals surface area contributed by atoms with Gasteiger partial charge in [0.05, 0.1) is 29.0 Å². The van der Waals surface area contributed by atoms with Crippen molar-refractivity contribution in [1.82, 2.24) is 14.8 Å². The number of carbonyl (C=O) groups excluding carboxylic acids is 2. The SMILES string of the molecule is CCn1c(SCC(=O)N2c3ccccc3NC(=O)C[C@@H]2C)nnc1-c1ccoc1C.